The highest BCUT2D eigenvalue weighted by atomic mass is 16.5. The molecule has 2 aliphatic rings. The van der Waals surface area contributed by atoms with Crippen molar-refractivity contribution in [3.05, 3.63) is 65.7 Å². The number of ether oxygens (including phenoxy) is 1. The Kier molecular flexibility index (Phi) is 4.66. The number of anilines is 1. The number of hydrogen-bond donors (Lipinski definition) is 1. The molecule has 4 rings (SSSR count). The van der Waals surface area contributed by atoms with E-state index in [1.54, 1.807) is 0 Å². The number of amides is 1. The quantitative estimate of drug-likeness (QED) is 0.755. The number of nitrogens with zero attached hydrogens (tertiary/aromatic N) is 1. The van der Waals surface area contributed by atoms with Crippen molar-refractivity contribution in [2.45, 2.75) is 44.7 Å². The molecule has 0 spiro atoms. The zero-order valence-electron chi connectivity index (χ0n) is 16.9. The topological polar surface area (TPSA) is 41.6 Å². The molecule has 2 aromatic carbocycles. The van der Waals surface area contributed by atoms with Crippen LogP contribution in [0.2, 0.25) is 0 Å². The third kappa shape index (κ3) is 2.79. The van der Waals surface area contributed by atoms with Crippen LogP contribution in [0.4, 0.5) is 5.69 Å². The van der Waals surface area contributed by atoms with E-state index >= 15 is 0 Å². The van der Waals surface area contributed by atoms with Crippen molar-refractivity contribution in [1.82, 2.24) is 5.32 Å². The fourth-order valence-corrected chi connectivity index (χ4v) is 4.43. The summed E-state index contributed by atoms with van der Waals surface area (Å²) in [6.07, 6.45) is 6.37. The van der Waals surface area contributed by atoms with E-state index in [0.717, 1.165) is 29.8 Å². The van der Waals surface area contributed by atoms with Crippen molar-refractivity contribution in [3.8, 4) is 5.75 Å². The first kappa shape index (κ1) is 18.6. The molecule has 0 unspecified atom stereocenters. The van der Waals surface area contributed by atoms with E-state index < -0.39 is 5.66 Å². The number of para-hydroxylation sites is 2. The highest BCUT2D eigenvalue weighted by molar-refractivity contribution is 5.91. The zero-order valence-corrected chi connectivity index (χ0v) is 16.9. The lowest BCUT2D eigenvalue weighted by molar-refractivity contribution is -0.118. The van der Waals surface area contributed by atoms with Gasteiger partial charge in [-0.15, -0.1) is 0 Å². The predicted molar refractivity (Wildman–Crippen MR) is 114 cm³/mol. The van der Waals surface area contributed by atoms with E-state index in [1.165, 1.54) is 5.56 Å². The monoisotopic (exact) mass is 376 g/mol. The minimum absolute atomic E-state index is 0.0553. The molecule has 4 heteroatoms. The number of hydrogen-bond acceptors (Lipinski definition) is 3. The van der Waals surface area contributed by atoms with Crippen molar-refractivity contribution < 1.29 is 9.53 Å². The van der Waals surface area contributed by atoms with E-state index in [0.29, 0.717) is 13.2 Å². The SMILES string of the molecule is CCCCOc1ccccc1/C=C/[C@]12NC(=O)CN1c1ccccc1C2(C)C. The molecule has 146 valence electrons. The van der Waals surface area contributed by atoms with Crippen LogP contribution in [0, 0.1) is 0 Å². The largest absolute Gasteiger partial charge is 0.493 e. The second-order valence-corrected chi connectivity index (χ2v) is 8.12. The number of rotatable bonds is 6. The van der Waals surface area contributed by atoms with Gasteiger partial charge in [0.05, 0.1) is 13.2 Å². The summed E-state index contributed by atoms with van der Waals surface area (Å²) in [6.45, 7) is 7.65. The summed E-state index contributed by atoms with van der Waals surface area (Å²) in [5, 5.41) is 3.27. The lowest BCUT2D eigenvalue weighted by atomic mass is 9.75. The van der Waals surface area contributed by atoms with E-state index in [9.17, 15) is 4.79 Å². The molecule has 1 saturated heterocycles. The van der Waals surface area contributed by atoms with Gasteiger partial charge in [-0.05, 0) is 30.2 Å². The van der Waals surface area contributed by atoms with Crippen LogP contribution in [0.3, 0.4) is 0 Å². The molecule has 1 fully saturated rings. The smallest absolute Gasteiger partial charge is 0.241 e. The summed E-state index contributed by atoms with van der Waals surface area (Å²) in [5.41, 5.74) is 2.57. The Balaban J connectivity index is 1.72. The average Bonchev–Trinajstić information content (AvgIpc) is 3.12. The van der Waals surface area contributed by atoms with E-state index in [2.05, 4.69) is 67.4 Å². The maximum absolute atomic E-state index is 12.4. The van der Waals surface area contributed by atoms with Gasteiger partial charge in [-0.1, -0.05) is 69.7 Å². The van der Waals surface area contributed by atoms with Crippen molar-refractivity contribution in [3.63, 3.8) is 0 Å². The molecule has 4 nitrogen and oxygen atoms in total. The van der Waals surface area contributed by atoms with Gasteiger partial charge in [-0.3, -0.25) is 4.79 Å². The van der Waals surface area contributed by atoms with Gasteiger partial charge in [0.25, 0.3) is 0 Å². The molecule has 1 atom stereocenters. The van der Waals surface area contributed by atoms with Gasteiger partial charge in [-0.25, -0.2) is 0 Å². The second-order valence-electron chi connectivity index (χ2n) is 8.12. The molecule has 1 N–H and O–H groups in total. The summed E-state index contributed by atoms with van der Waals surface area (Å²) in [7, 11) is 0. The fraction of sp³-hybridized carbons (Fsp3) is 0.375. The highest BCUT2D eigenvalue weighted by Crippen LogP contribution is 2.52. The van der Waals surface area contributed by atoms with Crippen LogP contribution in [0.5, 0.6) is 5.75 Å². The van der Waals surface area contributed by atoms with Crippen molar-refractivity contribution in [2.24, 2.45) is 0 Å². The van der Waals surface area contributed by atoms with Gasteiger partial charge in [-0.2, -0.15) is 0 Å². The second kappa shape index (κ2) is 7.01. The Labute approximate surface area is 167 Å². The molecule has 0 aromatic heterocycles. The summed E-state index contributed by atoms with van der Waals surface area (Å²) in [4.78, 5) is 14.6. The lowest BCUT2D eigenvalue weighted by Gasteiger charge is -2.40. The van der Waals surface area contributed by atoms with Crippen molar-refractivity contribution in [2.75, 3.05) is 18.1 Å². The third-order valence-corrected chi connectivity index (χ3v) is 6.06. The van der Waals surface area contributed by atoms with Crippen LogP contribution in [0.1, 0.15) is 44.7 Å². The first-order chi connectivity index (χ1) is 13.5. The molecule has 1 amide bonds. The number of carbonyl (C=O) groups excluding carboxylic acids is 1. The van der Waals surface area contributed by atoms with Crippen molar-refractivity contribution >= 4 is 17.7 Å². The normalized spacial score (nSPS) is 22.2. The number of benzene rings is 2. The average molecular weight is 377 g/mol. The number of unbranched alkanes of at least 4 members (excludes halogenated alkanes) is 1. The van der Waals surface area contributed by atoms with Gasteiger partial charge in [0.1, 0.15) is 11.4 Å². The predicted octanol–water partition coefficient (Wildman–Crippen LogP) is 4.50. The van der Waals surface area contributed by atoms with Gasteiger partial charge in [0.15, 0.2) is 0 Å². The Morgan fingerprint density at radius 2 is 1.89 bits per heavy atom. The Hall–Kier alpha value is -2.75. The molecule has 0 bridgehead atoms. The fourth-order valence-electron chi connectivity index (χ4n) is 4.43. The molecule has 28 heavy (non-hydrogen) atoms. The maximum atomic E-state index is 12.4. The summed E-state index contributed by atoms with van der Waals surface area (Å²) >= 11 is 0. The first-order valence-corrected chi connectivity index (χ1v) is 10.1. The van der Waals surface area contributed by atoms with E-state index in [4.69, 9.17) is 4.74 Å². The standard InChI is InChI=1S/C24H28N2O2/c1-4-5-16-28-21-13-9-6-10-18(21)14-15-24-23(2,3)19-11-7-8-12-20(19)26(24)17-22(27)25-24/h6-15H,4-5,16-17H2,1-3H3,(H,25,27)/b15-14+/t24-/m0/s1. The van der Waals surface area contributed by atoms with Crippen LogP contribution in [-0.2, 0) is 10.2 Å². The molecule has 0 aliphatic carbocycles. The molecule has 0 radical (unpaired) electrons. The summed E-state index contributed by atoms with van der Waals surface area (Å²) in [6, 6.07) is 16.5. The molecular weight excluding hydrogens is 348 g/mol. The number of fused-ring (bicyclic) bond motifs is 3. The van der Waals surface area contributed by atoms with Crippen LogP contribution < -0.4 is 15.0 Å². The van der Waals surface area contributed by atoms with Gasteiger partial charge in [0, 0.05) is 16.7 Å². The number of carbonyl (C=O) groups is 1. The van der Waals surface area contributed by atoms with Crippen molar-refractivity contribution in [1.29, 1.82) is 0 Å². The Morgan fingerprint density at radius 1 is 1.14 bits per heavy atom. The minimum atomic E-state index is -0.579. The molecular formula is C24H28N2O2. The highest BCUT2D eigenvalue weighted by Gasteiger charge is 2.59. The lowest BCUT2D eigenvalue weighted by Crippen LogP contribution is -2.58. The molecule has 2 aliphatic heterocycles. The van der Waals surface area contributed by atoms with Gasteiger partial charge >= 0.3 is 0 Å². The summed E-state index contributed by atoms with van der Waals surface area (Å²) < 4.78 is 5.98. The van der Waals surface area contributed by atoms with E-state index in [-0.39, 0.29) is 11.3 Å². The maximum Gasteiger partial charge on any atom is 0.241 e. The molecule has 2 aromatic rings. The van der Waals surface area contributed by atoms with Crippen LogP contribution in [-0.4, -0.2) is 24.7 Å². The first-order valence-electron chi connectivity index (χ1n) is 10.1. The Bertz CT molecular complexity index is 918. The molecule has 2 heterocycles. The third-order valence-electron chi connectivity index (χ3n) is 6.06. The van der Waals surface area contributed by atoms with Crippen LogP contribution in [0.25, 0.3) is 6.08 Å². The van der Waals surface area contributed by atoms with E-state index in [1.807, 2.05) is 24.3 Å². The van der Waals surface area contributed by atoms with Crippen LogP contribution >= 0.6 is 0 Å². The zero-order chi connectivity index (χ0) is 19.8. The van der Waals surface area contributed by atoms with Crippen LogP contribution in [0.15, 0.2) is 54.6 Å². The number of nitrogens with one attached hydrogen (secondary N) is 1. The Morgan fingerprint density at radius 3 is 2.71 bits per heavy atom. The van der Waals surface area contributed by atoms with Gasteiger partial charge < -0.3 is 15.0 Å². The van der Waals surface area contributed by atoms with Gasteiger partial charge in [0.2, 0.25) is 5.91 Å². The minimum Gasteiger partial charge on any atom is -0.493 e. The summed E-state index contributed by atoms with van der Waals surface area (Å²) in [5.74, 6) is 0.937. The molecule has 0 saturated carbocycles.